The number of benzene rings is 2. The lowest BCUT2D eigenvalue weighted by Crippen LogP contribution is -2.14. The summed E-state index contributed by atoms with van der Waals surface area (Å²) in [6.45, 7) is -0.328. The Kier molecular flexibility index (Phi) is 4.19. The SMILES string of the molecule is O=C(O)CNc1nc(Nc2ccc(F)cc2F)nc2ccccc12. The van der Waals surface area contributed by atoms with Crippen molar-refractivity contribution in [3.8, 4) is 0 Å². The molecular weight excluding hydrogens is 318 g/mol. The third-order valence-corrected chi connectivity index (χ3v) is 3.19. The van der Waals surface area contributed by atoms with E-state index in [9.17, 15) is 13.6 Å². The number of nitrogens with zero attached hydrogens (tertiary/aromatic N) is 2. The molecule has 3 N–H and O–H groups in total. The monoisotopic (exact) mass is 330 g/mol. The summed E-state index contributed by atoms with van der Waals surface area (Å²) in [4.78, 5) is 19.2. The minimum absolute atomic E-state index is 0.0101. The molecule has 6 nitrogen and oxygen atoms in total. The molecule has 0 saturated carbocycles. The Bertz CT molecular complexity index is 918. The lowest BCUT2D eigenvalue weighted by molar-refractivity contribution is -0.134. The maximum atomic E-state index is 13.8. The quantitative estimate of drug-likeness (QED) is 0.666. The smallest absolute Gasteiger partial charge is 0.322 e. The topological polar surface area (TPSA) is 87.1 Å². The standard InChI is InChI=1S/C16H12F2N4O2/c17-9-5-6-13(11(18)7-9)21-16-20-12-4-2-1-3-10(12)15(22-16)19-8-14(23)24/h1-7H,8H2,(H,23,24)(H2,19,20,21,22). The van der Waals surface area contributed by atoms with Gasteiger partial charge in [-0.3, -0.25) is 4.79 Å². The summed E-state index contributed by atoms with van der Waals surface area (Å²) in [7, 11) is 0. The Labute approximate surface area is 135 Å². The fourth-order valence-corrected chi connectivity index (χ4v) is 2.14. The highest BCUT2D eigenvalue weighted by molar-refractivity contribution is 5.91. The number of anilines is 3. The molecule has 3 rings (SSSR count). The van der Waals surface area contributed by atoms with Crippen molar-refractivity contribution in [3.05, 3.63) is 54.1 Å². The molecule has 8 heteroatoms. The average molecular weight is 330 g/mol. The van der Waals surface area contributed by atoms with Crippen LogP contribution in [-0.2, 0) is 4.79 Å². The first-order chi connectivity index (χ1) is 11.5. The van der Waals surface area contributed by atoms with Crippen LogP contribution < -0.4 is 10.6 Å². The number of carboxylic acids is 1. The maximum absolute atomic E-state index is 13.8. The van der Waals surface area contributed by atoms with Gasteiger partial charge in [0.15, 0.2) is 0 Å². The normalized spacial score (nSPS) is 10.6. The van der Waals surface area contributed by atoms with Crippen molar-refractivity contribution in [3.63, 3.8) is 0 Å². The van der Waals surface area contributed by atoms with Gasteiger partial charge in [0, 0.05) is 11.5 Å². The summed E-state index contributed by atoms with van der Waals surface area (Å²) in [6, 6.07) is 10.1. The number of hydrogen-bond acceptors (Lipinski definition) is 5. The zero-order valence-electron chi connectivity index (χ0n) is 12.3. The molecule has 0 aliphatic heterocycles. The van der Waals surface area contributed by atoms with E-state index in [2.05, 4.69) is 20.6 Å². The second-order valence-electron chi connectivity index (χ2n) is 4.91. The van der Waals surface area contributed by atoms with Gasteiger partial charge in [0.1, 0.15) is 24.0 Å². The highest BCUT2D eigenvalue weighted by Gasteiger charge is 2.11. The highest BCUT2D eigenvalue weighted by atomic mass is 19.1. The van der Waals surface area contributed by atoms with E-state index in [0.29, 0.717) is 16.7 Å². The summed E-state index contributed by atoms with van der Waals surface area (Å²) in [5, 5.41) is 14.8. The first-order valence-electron chi connectivity index (χ1n) is 6.97. The number of para-hydroxylation sites is 1. The van der Waals surface area contributed by atoms with E-state index >= 15 is 0 Å². The number of carbonyl (C=O) groups is 1. The van der Waals surface area contributed by atoms with Crippen LogP contribution in [0.5, 0.6) is 0 Å². The minimum atomic E-state index is -1.04. The van der Waals surface area contributed by atoms with Gasteiger partial charge < -0.3 is 15.7 Å². The average Bonchev–Trinajstić information content (AvgIpc) is 2.55. The first-order valence-corrected chi connectivity index (χ1v) is 6.97. The molecule has 24 heavy (non-hydrogen) atoms. The zero-order chi connectivity index (χ0) is 17.1. The van der Waals surface area contributed by atoms with Crippen LogP contribution in [0.25, 0.3) is 10.9 Å². The summed E-state index contributed by atoms with van der Waals surface area (Å²) in [6.07, 6.45) is 0. The van der Waals surface area contributed by atoms with Crippen LogP contribution in [0.3, 0.4) is 0 Å². The number of nitrogens with one attached hydrogen (secondary N) is 2. The second kappa shape index (κ2) is 6.45. The van der Waals surface area contributed by atoms with E-state index in [-0.39, 0.29) is 18.2 Å². The van der Waals surface area contributed by atoms with Gasteiger partial charge in [0.05, 0.1) is 11.2 Å². The fourth-order valence-electron chi connectivity index (χ4n) is 2.14. The molecule has 1 aromatic heterocycles. The largest absolute Gasteiger partial charge is 0.480 e. The van der Waals surface area contributed by atoms with Gasteiger partial charge in [-0.15, -0.1) is 0 Å². The van der Waals surface area contributed by atoms with Crippen molar-refractivity contribution in [2.24, 2.45) is 0 Å². The third kappa shape index (κ3) is 3.37. The molecule has 0 amide bonds. The maximum Gasteiger partial charge on any atom is 0.322 e. The summed E-state index contributed by atoms with van der Waals surface area (Å²) in [5.41, 5.74) is 0.557. The fraction of sp³-hybridized carbons (Fsp3) is 0.0625. The number of hydrogen-bond donors (Lipinski definition) is 3. The second-order valence-corrected chi connectivity index (χ2v) is 4.91. The number of carboxylic acid groups (broad SMARTS) is 1. The molecule has 122 valence electrons. The Morgan fingerprint density at radius 2 is 1.92 bits per heavy atom. The van der Waals surface area contributed by atoms with Crippen molar-refractivity contribution in [2.75, 3.05) is 17.2 Å². The Morgan fingerprint density at radius 1 is 1.12 bits per heavy atom. The molecule has 0 radical (unpaired) electrons. The van der Waals surface area contributed by atoms with Gasteiger partial charge >= 0.3 is 5.97 Å². The van der Waals surface area contributed by atoms with Gasteiger partial charge in [0.2, 0.25) is 5.95 Å². The number of halogens is 2. The molecule has 1 heterocycles. The van der Waals surface area contributed by atoms with Crippen molar-refractivity contribution >= 4 is 34.3 Å². The molecule has 0 bridgehead atoms. The van der Waals surface area contributed by atoms with E-state index in [4.69, 9.17) is 5.11 Å². The predicted molar refractivity (Wildman–Crippen MR) is 85.3 cm³/mol. The van der Waals surface area contributed by atoms with Crippen LogP contribution in [0.2, 0.25) is 0 Å². The number of rotatable bonds is 5. The molecule has 0 atom stereocenters. The van der Waals surface area contributed by atoms with Gasteiger partial charge in [-0.05, 0) is 24.3 Å². The van der Waals surface area contributed by atoms with Crippen LogP contribution in [0, 0.1) is 11.6 Å². The summed E-state index contributed by atoms with van der Waals surface area (Å²) in [5.74, 6) is -2.16. The Morgan fingerprint density at radius 3 is 2.67 bits per heavy atom. The highest BCUT2D eigenvalue weighted by Crippen LogP contribution is 2.24. The van der Waals surface area contributed by atoms with Crippen LogP contribution >= 0.6 is 0 Å². The van der Waals surface area contributed by atoms with Crippen molar-refractivity contribution in [2.45, 2.75) is 0 Å². The lowest BCUT2D eigenvalue weighted by Gasteiger charge is -2.11. The molecule has 0 aliphatic rings. The lowest BCUT2D eigenvalue weighted by atomic mass is 10.2. The number of aromatic nitrogens is 2. The Balaban J connectivity index is 1.99. The van der Waals surface area contributed by atoms with Gasteiger partial charge in [-0.2, -0.15) is 4.98 Å². The minimum Gasteiger partial charge on any atom is -0.480 e. The van der Waals surface area contributed by atoms with E-state index in [1.807, 2.05) is 0 Å². The van der Waals surface area contributed by atoms with Gasteiger partial charge in [0.25, 0.3) is 0 Å². The van der Waals surface area contributed by atoms with Crippen LogP contribution in [-0.4, -0.2) is 27.6 Å². The number of aliphatic carboxylic acids is 1. The molecule has 0 aliphatic carbocycles. The summed E-state index contributed by atoms with van der Waals surface area (Å²) < 4.78 is 26.7. The zero-order valence-corrected chi connectivity index (χ0v) is 12.3. The van der Waals surface area contributed by atoms with E-state index in [1.54, 1.807) is 24.3 Å². The molecule has 0 unspecified atom stereocenters. The predicted octanol–water partition coefficient (Wildman–Crippen LogP) is 3.15. The third-order valence-electron chi connectivity index (χ3n) is 3.19. The van der Waals surface area contributed by atoms with Crippen molar-refractivity contribution in [1.29, 1.82) is 0 Å². The van der Waals surface area contributed by atoms with E-state index in [0.717, 1.165) is 12.1 Å². The summed E-state index contributed by atoms with van der Waals surface area (Å²) >= 11 is 0. The molecule has 0 saturated heterocycles. The molecule has 0 fully saturated rings. The molecular formula is C16H12F2N4O2. The van der Waals surface area contributed by atoms with Crippen molar-refractivity contribution in [1.82, 2.24) is 9.97 Å². The van der Waals surface area contributed by atoms with Crippen molar-refractivity contribution < 1.29 is 18.7 Å². The molecule has 2 aromatic carbocycles. The molecule has 3 aromatic rings. The van der Waals surface area contributed by atoms with Gasteiger partial charge in [-0.1, -0.05) is 12.1 Å². The van der Waals surface area contributed by atoms with E-state index < -0.39 is 17.6 Å². The van der Waals surface area contributed by atoms with Crippen LogP contribution in [0.1, 0.15) is 0 Å². The van der Waals surface area contributed by atoms with Crippen LogP contribution in [0.4, 0.5) is 26.2 Å². The van der Waals surface area contributed by atoms with Gasteiger partial charge in [-0.25, -0.2) is 13.8 Å². The number of fused-ring (bicyclic) bond motifs is 1. The first kappa shape index (κ1) is 15.6. The Hall–Kier alpha value is -3.29. The van der Waals surface area contributed by atoms with E-state index in [1.165, 1.54) is 6.07 Å². The van der Waals surface area contributed by atoms with Crippen LogP contribution in [0.15, 0.2) is 42.5 Å². The molecule has 0 spiro atoms.